The van der Waals surface area contributed by atoms with E-state index < -0.39 is 0 Å². The first kappa shape index (κ1) is 12.4. The molecule has 1 atom stereocenters. The summed E-state index contributed by atoms with van der Waals surface area (Å²) in [6.07, 6.45) is 2.41. The summed E-state index contributed by atoms with van der Waals surface area (Å²) in [7, 11) is 1.67. The highest BCUT2D eigenvalue weighted by atomic mass is 32.2. The third-order valence-corrected chi connectivity index (χ3v) is 3.13. The lowest BCUT2D eigenvalue weighted by Gasteiger charge is -2.13. The molecule has 0 aliphatic heterocycles. The van der Waals surface area contributed by atoms with E-state index in [1.165, 1.54) is 4.90 Å². The predicted octanol–water partition coefficient (Wildman–Crippen LogP) is 2.65. The van der Waals surface area contributed by atoms with Gasteiger partial charge in [0.2, 0.25) is 0 Å². The number of methoxy groups -OCH3 is 1. The first-order valence-corrected chi connectivity index (χ1v) is 6.20. The van der Waals surface area contributed by atoms with Gasteiger partial charge in [-0.3, -0.25) is 0 Å². The highest BCUT2D eigenvalue weighted by Gasteiger charge is 2.09. The van der Waals surface area contributed by atoms with E-state index in [1.54, 1.807) is 25.8 Å². The van der Waals surface area contributed by atoms with E-state index in [-0.39, 0.29) is 6.10 Å². The van der Waals surface area contributed by atoms with Crippen LogP contribution in [-0.2, 0) is 6.42 Å². The number of ether oxygens (including phenoxy) is 1. The molecule has 0 bridgehead atoms. The van der Waals surface area contributed by atoms with Crippen LogP contribution in [0.25, 0.3) is 0 Å². The minimum absolute atomic E-state index is 0.316. The Kier molecular flexibility index (Phi) is 4.48. The average Bonchev–Trinajstić information content (AvgIpc) is 2.19. The standard InChI is InChI=1S/C12H18O2S/c1-8-5-12(15-4)10(6-9(2)13)7-11(8)14-3/h5,7,9,13H,6H2,1-4H3. The normalized spacial score (nSPS) is 12.6. The van der Waals surface area contributed by atoms with Crippen LogP contribution < -0.4 is 4.74 Å². The molecule has 0 saturated carbocycles. The van der Waals surface area contributed by atoms with Gasteiger partial charge in [0, 0.05) is 4.90 Å². The molecule has 0 amide bonds. The maximum Gasteiger partial charge on any atom is 0.122 e. The van der Waals surface area contributed by atoms with Gasteiger partial charge in [-0.05, 0) is 49.8 Å². The van der Waals surface area contributed by atoms with Crippen molar-refractivity contribution in [1.82, 2.24) is 0 Å². The lowest BCUT2D eigenvalue weighted by molar-refractivity contribution is 0.194. The van der Waals surface area contributed by atoms with E-state index in [2.05, 4.69) is 6.07 Å². The van der Waals surface area contributed by atoms with Crippen molar-refractivity contribution in [2.24, 2.45) is 0 Å². The third-order valence-electron chi connectivity index (χ3n) is 2.31. The Hall–Kier alpha value is -0.670. The van der Waals surface area contributed by atoms with Gasteiger partial charge in [0.1, 0.15) is 5.75 Å². The van der Waals surface area contributed by atoms with Crippen LogP contribution in [0.3, 0.4) is 0 Å². The Bertz CT molecular complexity index is 335. The molecule has 2 nitrogen and oxygen atoms in total. The van der Waals surface area contributed by atoms with E-state index in [4.69, 9.17) is 4.74 Å². The van der Waals surface area contributed by atoms with Crippen molar-refractivity contribution in [1.29, 1.82) is 0 Å². The minimum Gasteiger partial charge on any atom is -0.496 e. The average molecular weight is 226 g/mol. The van der Waals surface area contributed by atoms with Crippen molar-refractivity contribution in [2.45, 2.75) is 31.3 Å². The Balaban J connectivity index is 3.10. The summed E-state index contributed by atoms with van der Waals surface area (Å²) in [4.78, 5) is 1.22. The zero-order valence-corrected chi connectivity index (χ0v) is 10.5. The highest BCUT2D eigenvalue weighted by molar-refractivity contribution is 7.98. The molecule has 0 radical (unpaired) electrons. The van der Waals surface area contributed by atoms with Gasteiger partial charge < -0.3 is 9.84 Å². The Morgan fingerprint density at radius 3 is 2.60 bits per heavy atom. The third kappa shape index (κ3) is 3.14. The van der Waals surface area contributed by atoms with Crippen LogP contribution in [0, 0.1) is 6.92 Å². The molecule has 84 valence electrons. The molecule has 1 unspecified atom stereocenters. The first-order chi connectivity index (χ1) is 7.08. The van der Waals surface area contributed by atoms with E-state index in [0.717, 1.165) is 16.9 Å². The van der Waals surface area contributed by atoms with Gasteiger partial charge in [-0.1, -0.05) is 0 Å². The molecule has 0 aliphatic rings. The van der Waals surface area contributed by atoms with E-state index in [1.807, 2.05) is 19.2 Å². The van der Waals surface area contributed by atoms with Crippen molar-refractivity contribution in [2.75, 3.05) is 13.4 Å². The van der Waals surface area contributed by atoms with Gasteiger partial charge in [-0.15, -0.1) is 11.8 Å². The number of aliphatic hydroxyl groups is 1. The lowest BCUT2D eigenvalue weighted by Crippen LogP contribution is -2.06. The number of aryl methyl sites for hydroxylation is 1. The minimum atomic E-state index is -0.316. The first-order valence-electron chi connectivity index (χ1n) is 4.98. The topological polar surface area (TPSA) is 29.5 Å². The second-order valence-corrected chi connectivity index (χ2v) is 4.53. The fraction of sp³-hybridized carbons (Fsp3) is 0.500. The van der Waals surface area contributed by atoms with Crippen molar-refractivity contribution >= 4 is 11.8 Å². The number of hydrogen-bond donors (Lipinski definition) is 1. The van der Waals surface area contributed by atoms with Gasteiger partial charge in [-0.25, -0.2) is 0 Å². The largest absolute Gasteiger partial charge is 0.496 e. The van der Waals surface area contributed by atoms with Gasteiger partial charge in [0.25, 0.3) is 0 Å². The molecule has 0 heterocycles. The summed E-state index contributed by atoms with van der Waals surface area (Å²) in [5.74, 6) is 0.892. The Morgan fingerprint density at radius 2 is 2.13 bits per heavy atom. The van der Waals surface area contributed by atoms with Crippen LogP contribution in [0.4, 0.5) is 0 Å². The molecule has 1 rings (SSSR count). The zero-order valence-electron chi connectivity index (χ0n) is 9.70. The number of thioether (sulfide) groups is 1. The molecule has 0 aliphatic carbocycles. The molecule has 1 N–H and O–H groups in total. The summed E-state index contributed by atoms with van der Waals surface area (Å²) in [5.41, 5.74) is 2.29. The van der Waals surface area contributed by atoms with Crippen molar-refractivity contribution in [3.05, 3.63) is 23.3 Å². The number of benzene rings is 1. The maximum absolute atomic E-state index is 9.41. The molecule has 15 heavy (non-hydrogen) atoms. The molecular formula is C12H18O2S. The molecular weight excluding hydrogens is 208 g/mol. The number of hydrogen-bond acceptors (Lipinski definition) is 3. The number of aliphatic hydroxyl groups excluding tert-OH is 1. The van der Waals surface area contributed by atoms with Gasteiger partial charge in [-0.2, -0.15) is 0 Å². The number of rotatable bonds is 4. The monoisotopic (exact) mass is 226 g/mol. The molecule has 0 fully saturated rings. The van der Waals surface area contributed by atoms with Gasteiger partial charge in [0.15, 0.2) is 0 Å². The maximum atomic E-state index is 9.41. The summed E-state index contributed by atoms with van der Waals surface area (Å²) in [5, 5.41) is 9.41. The Labute approximate surface area is 95.7 Å². The van der Waals surface area contributed by atoms with Crippen LogP contribution in [0.1, 0.15) is 18.1 Å². The van der Waals surface area contributed by atoms with Crippen molar-refractivity contribution < 1.29 is 9.84 Å². The van der Waals surface area contributed by atoms with E-state index in [9.17, 15) is 5.11 Å². The smallest absolute Gasteiger partial charge is 0.122 e. The van der Waals surface area contributed by atoms with Crippen LogP contribution in [0.2, 0.25) is 0 Å². The molecule has 0 saturated heterocycles. The van der Waals surface area contributed by atoms with Crippen LogP contribution in [0.5, 0.6) is 5.75 Å². The summed E-state index contributed by atoms with van der Waals surface area (Å²) >= 11 is 1.70. The fourth-order valence-corrected chi connectivity index (χ4v) is 2.29. The SMILES string of the molecule is COc1cc(CC(C)O)c(SC)cc1C. The van der Waals surface area contributed by atoms with E-state index >= 15 is 0 Å². The molecule has 1 aromatic carbocycles. The quantitative estimate of drug-likeness (QED) is 0.800. The second kappa shape index (κ2) is 5.42. The van der Waals surface area contributed by atoms with Gasteiger partial charge in [0.05, 0.1) is 13.2 Å². The fourth-order valence-electron chi connectivity index (χ4n) is 1.59. The molecule has 0 spiro atoms. The molecule has 1 aromatic rings. The zero-order chi connectivity index (χ0) is 11.4. The van der Waals surface area contributed by atoms with Crippen LogP contribution >= 0.6 is 11.8 Å². The summed E-state index contributed by atoms with van der Waals surface area (Å²) in [6, 6.07) is 4.13. The van der Waals surface area contributed by atoms with Gasteiger partial charge >= 0.3 is 0 Å². The van der Waals surface area contributed by atoms with Crippen molar-refractivity contribution in [3.63, 3.8) is 0 Å². The second-order valence-electron chi connectivity index (χ2n) is 3.69. The van der Waals surface area contributed by atoms with E-state index in [0.29, 0.717) is 6.42 Å². The van der Waals surface area contributed by atoms with Crippen molar-refractivity contribution in [3.8, 4) is 5.75 Å². The van der Waals surface area contributed by atoms with Crippen LogP contribution in [-0.4, -0.2) is 24.6 Å². The highest BCUT2D eigenvalue weighted by Crippen LogP contribution is 2.29. The lowest BCUT2D eigenvalue weighted by atomic mass is 10.1. The molecule has 3 heteroatoms. The Morgan fingerprint density at radius 1 is 1.47 bits per heavy atom. The summed E-state index contributed by atoms with van der Waals surface area (Å²) < 4.78 is 5.28. The summed E-state index contributed by atoms with van der Waals surface area (Å²) in [6.45, 7) is 3.83. The van der Waals surface area contributed by atoms with Crippen LogP contribution in [0.15, 0.2) is 17.0 Å². The predicted molar refractivity (Wildman–Crippen MR) is 64.9 cm³/mol. The molecule has 0 aromatic heterocycles.